The number of alkyl halides is 3. The van der Waals surface area contributed by atoms with E-state index >= 15 is 0 Å². The molecular weight excluding hydrogens is 435 g/mol. The van der Waals surface area contributed by atoms with Crippen molar-refractivity contribution in [1.29, 1.82) is 0 Å². The van der Waals surface area contributed by atoms with Crippen LogP contribution in [0, 0.1) is 10.1 Å². The smallest absolute Gasteiger partial charge is 0.416 e. The van der Waals surface area contributed by atoms with Crippen LogP contribution in [0.15, 0.2) is 42.5 Å². The van der Waals surface area contributed by atoms with Gasteiger partial charge in [-0.2, -0.15) is 13.2 Å². The van der Waals surface area contributed by atoms with Crippen LogP contribution in [-0.4, -0.2) is 35.9 Å². The Morgan fingerprint density at radius 1 is 1.09 bits per heavy atom. The van der Waals surface area contributed by atoms with Gasteiger partial charge in [-0.15, -0.1) is 0 Å². The molecule has 2 aromatic rings. The number of anilines is 3. The van der Waals surface area contributed by atoms with Crippen LogP contribution in [0.3, 0.4) is 0 Å². The minimum absolute atomic E-state index is 0.0841. The molecule has 1 aliphatic rings. The van der Waals surface area contributed by atoms with Crippen molar-refractivity contribution in [2.75, 3.05) is 23.0 Å². The molecule has 0 atom stereocenters. The molecule has 12 heteroatoms. The Balaban J connectivity index is 2.22. The van der Waals surface area contributed by atoms with Gasteiger partial charge in [0.25, 0.3) is 5.69 Å². The Bertz CT molecular complexity index is 1100. The Hall–Kier alpha value is -3.96. The number of amides is 2. The zero-order chi connectivity index (χ0) is 23.6. The zero-order valence-corrected chi connectivity index (χ0v) is 16.6. The molecule has 2 amide bonds. The first-order valence-electron chi connectivity index (χ1n) is 9.22. The summed E-state index contributed by atoms with van der Waals surface area (Å²) in [5.74, 6) is -2.33. The maximum Gasteiger partial charge on any atom is 0.416 e. The molecule has 0 unspecified atom stereocenters. The van der Waals surface area contributed by atoms with Crippen molar-refractivity contribution in [2.24, 2.45) is 0 Å². The molecule has 168 valence electrons. The summed E-state index contributed by atoms with van der Waals surface area (Å²) in [7, 11) is 0. The number of hydrogen-bond acceptors (Lipinski definition) is 6. The lowest BCUT2D eigenvalue weighted by Gasteiger charge is -2.26. The number of hydrogen-bond donors (Lipinski definition) is 0. The number of carbonyl (C=O) groups is 3. The van der Waals surface area contributed by atoms with E-state index in [1.54, 1.807) is 0 Å². The number of para-hydroxylation sites is 2. The number of ether oxygens (including phenoxy) is 1. The van der Waals surface area contributed by atoms with Crippen molar-refractivity contribution in [2.45, 2.75) is 19.5 Å². The highest BCUT2D eigenvalue weighted by Gasteiger charge is 2.38. The second kappa shape index (κ2) is 8.65. The molecule has 0 fully saturated rings. The van der Waals surface area contributed by atoms with Crippen LogP contribution in [0.5, 0.6) is 0 Å². The van der Waals surface area contributed by atoms with Gasteiger partial charge in [0, 0.05) is 13.0 Å². The Labute approximate surface area is 179 Å². The summed E-state index contributed by atoms with van der Waals surface area (Å²) in [4.78, 5) is 49.2. The topological polar surface area (TPSA) is 110 Å². The fourth-order valence-corrected chi connectivity index (χ4v) is 3.28. The highest BCUT2D eigenvalue weighted by Crippen LogP contribution is 2.44. The highest BCUT2D eigenvalue weighted by atomic mass is 19.4. The van der Waals surface area contributed by atoms with Gasteiger partial charge in [-0.1, -0.05) is 12.1 Å². The molecule has 1 aliphatic heterocycles. The van der Waals surface area contributed by atoms with E-state index in [0.29, 0.717) is 6.07 Å². The quantitative estimate of drug-likeness (QED) is 0.298. The molecular formula is C20H16F3N3O6. The Morgan fingerprint density at radius 3 is 2.41 bits per heavy atom. The van der Waals surface area contributed by atoms with Crippen molar-refractivity contribution in [3.63, 3.8) is 0 Å². The standard InChI is InChI=1S/C20H16F3N3O6/c1-12(27)32-9-8-24-14-7-6-13(20(21,22)23)10-17(14)25(19(29)11-18(24)28)15-4-2-3-5-16(15)26(30)31/h2-7,10H,8-9,11H2,1H3. The molecule has 0 radical (unpaired) electrons. The van der Waals surface area contributed by atoms with Crippen molar-refractivity contribution in [3.05, 3.63) is 58.1 Å². The number of halogens is 3. The van der Waals surface area contributed by atoms with Crippen LogP contribution in [-0.2, 0) is 25.3 Å². The third kappa shape index (κ3) is 4.53. The van der Waals surface area contributed by atoms with E-state index in [9.17, 15) is 37.7 Å². The predicted molar refractivity (Wildman–Crippen MR) is 105 cm³/mol. The maximum atomic E-state index is 13.4. The lowest BCUT2D eigenvalue weighted by Crippen LogP contribution is -2.34. The summed E-state index contributed by atoms with van der Waals surface area (Å²) in [6.07, 6.45) is -5.53. The van der Waals surface area contributed by atoms with E-state index < -0.39 is 46.6 Å². The van der Waals surface area contributed by atoms with Crippen molar-refractivity contribution in [1.82, 2.24) is 0 Å². The largest absolute Gasteiger partial charge is 0.464 e. The van der Waals surface area contributed by atoms with Gasteiger partial charge in [0.1, 0.15) is 18.7 Å². The zero-order valence-electron chi connectivity index (χ0n) is 16.6. The van der Waals surface area contributed by atoms with E-state index in [2.05, 4.69) is 0 Å². The monoisotopic (exact) mass is 451 g/mol. The lowest BCUT2D eigenvalue weighted by atomic mass is 10.1. The Morgan fingerprint density at radius 2 is 1.78 bits per heavy atom. The molecule has 3 rings (SSSR count). The third-order valence-electron chi connectivity index (χ3n) is 4.63. The van der Waals surface area contributed by atoms with Crippen LogP contribution in [0.4, 0.5) is 35.9 Å². The first-order chi connectivity index (χ1) is 15.0. The summed E-state index contributed by atoms with van der Waals surface area (Å²) in [5, 5.41) is 11.5. The number of fused-ring (bicyclic) bond motifs is 1. The molecule has 9 nitrogen and oxygen atoms in total. The summed E-state index contributed by atoms with van der Waals surface area (Å²) in [6.45, 7) is 0.656. The summed E-state index contributed by atoms with van der Waals surface area (Å²) < 4.78 is 45.0. The average molecular weight is 451 g/mol. The summed E-state index contributed by atoms with van der Waals surface area (Å²) >= 11 is 0. The highest BCUT2D eigenvalue weighted by molar-refractivity contribution is 6.18. The van der Waals surface area contributed by atoms with Crippen molar-refractivity contribution in [3.8, 4) is 0 Å². The van der Waals surface area contributed by atoms with E-state index in [-0.39, 0.29) is 30.2 Å². The van der Waals surface area contributed by atoms with Crippen LogP contribution in [0.25, 0.3) is 0 Å². The minimum atomic E-state index is -4.77. The first kappa shape index (κ1) is 22.7. The van der Waals surface area contributed by atoms with E-state index in [4.69, 9.17) is 4.74 Å². The van der Waals surface area contributed by atoms with Crippen LogP contribution < -0.4 is 9.80 Å². The van der Waals surface area contributed by atoms with Gasteiger partial charge in [0.2, 0.25) is 11.8 Å². The summed E-state index contributed by atoms with van der Waals surface area (Å²) in [5.41, 5.74) is -2.35. The van der Waals surface area contributed by atoms with Gasteiger partial charge in [0.15, 0.2) is 0 Å². The SMILES string of the molecule is CC(=O)OCCN1C(=O)CC(=O)N(c2ccccc2[N+](=O)[O-])c2cc(C(F)(F)F)ccc21. The van der Waals surface area contributed by atoms with Gasteiger partial charge < -0.3 is 9.64 Å². The first-order valence-corrected chi connectivity index (χ1v) is 9.22. The van der Waals surface area contributed by atoms with E-state index in [0.717, 1.165) is 34.9 Å². The van der Waals surface area contributed by atoms with Crippen LogP contribution in [0.2, 0.25) is 0 Å². The predicted octanol–water partition coefficient (Wildman–Crippen LogP) is 3.58. The third-order valence-corrected chi connectivity index (χ3v) is 4.63. The molecule has 2 aromatic carbocycles. The van der Waals surface area contributed by atoms with Gasteiger partial charge in [-0.25, -0.2) is 0 Å². The van der Waals surface area contributed by atoms with Gasteiger partial charge in [-0.3, -0.25) is 29.4 Å². The molecule has 0 aromatic heterocycles. The number of nitro benzene ring substituents is 1. The van der Waals surface area contributed by atoms with Crippen LogP contribution in [0.1, 0.15) is 18.9 Å². The molecule has 0 saturated carbocycles. The van der Waals surface area contributed by atoms with Crippen molar-refractivity contribution < 1.29 is 37.2 Å². The van der Waals surface area contributed by atoms with E-state index in [1.807, 2.05) is 0 Å². The van der Waals surface area contributed by atoms with Gasteiger partial charge in [0.05, 0.1) is 28.4 Å². The molecule has 0 saturated heterocycles. The second-order valence-corrected chi connectivity index (χ2v) is 6.74. The number of esters is 1. The van der Waals surface area contributed by atoms with Crippen molar-refractivity contribution >= 4 is 40.5 Å². The van der Waals surface area contributed by atoms with Gasteiger partial charge >= 0.3 is 12.1 Å². The lowest BCUT2D eigenvalue weighted by molar-refractivity contribution is -0.384. The molecule has 0 bridgehead atoms. The van der Waals surface area contributed by atoms with Gasteiger partial charge in [-0.05, 0) is 24.3 Å². The average Bonchev–Trinajstić information content (AvgIpc) is 2.80. The number of nitro groups is 1. The maximum absolute atomic E-state index is 13.4. The number of carbonyl (C=O) groups excluding carboxylic acids is 3. The molecule has 32 heavy (non-hydrogen) atoms. The molecule has 0 aliphatic carbocycles. The number of benzene rings is 2. The second-order valence-electron chi connectivity index (χ2n) is 6.74. The molecule has 0 N–H and O–H groups in total. The normalized spacial score (nSPS) is 14.1. The fourth-order valence-electron chi connectivity index (χ4n) is 3.28. The minimum Gasteiger partial charge on any atom is -0.464 e. The number of rotatable bonds is 5. The Kier molecular flexibility index (Phi) is 6.14. The number of nitrogens with zero attached hydrogens (tertiary/aromatic N) is 3. The molecule has 1 heterocycles. The summed E-state index contributed by atoms with van der Waals surface area (Å²) in [6, 6.07) is 7.42. The molecule has 0 spiro atoms. The van der Waals surface area contributed by atoms with Crippen LogP contribution >= 0.6 is 0 Å². The van der Waals surface area contributed by atoms with E-state index in [1.165, 1.54) is 18.2 Å². The fraction of sp³-hybridized carbons (Fsp3) is 0.250.